The Morgan fingerprint density at radius 3 is 1.89 bits per heavy atom. The van der Waals surface area contributed by atoms with E-state index in [4.69, 9.17) is 99.7 Å². The highest BCUT2D eigenvalue weighted by molar-refractivity contribution is 7.71. The average Bonchev–Trinajstić information content (AvgIpc) is 2.09. The maximum atomic E-state index is 6.52. The molecule has 0 aromatic heterocycles. The highest BCUT2D eigenvalue weighted by Gasteiger charge is 2.68. The normalized spacial score (nSPS) is 35.8. The van der Waals surface area contributed by atoms with Crippen molar-refractivity contribution < 1.29 is 0 Å². The second kappa shape index (κ2) is 6.17. The number of hydrogen-bond donors (Lipinski definition) is 0. The first-order valence-electron chi connectivity index (χ1n) is 4.84. The Labute approximate surface area is 153 Å². The van der Waals surface area contributed by atoms with Crippen molar-refractivity contribution in [1.82, 2.24) is 0 Å². The summed E-state index contributed by atoms with van der Waals surface area (Å²) in [6.45, 7) is -3.71. The lowest BCUT2D eigenvalue weighted by atomic mass is 10.5. The van der Waals surface area contributed by atoms with E-state index < -0.39 is 31.5 Å². The zero-order valence-corrected chi connectivity index (χ0v) is 19.9. The van der Waals surface area contributed by atoms with Crippen molar-refractivity contribution in [3.63, 3.8) is 0 Å². The van der Waals surface area contributed by atoms with Crippen LogP contribution in [0, 0.1) is 0 Å². The molecule has 0 amide bonds. The van der Waals surface area contributed by atoms with E-state index in [2.05, 4.69) is 0 Å². The molecule has 0 aromatic carbocycles. The topological polar surface area (TPSA) is 0 Å². The van der Waals surface area contributed by atoms with E-state index in [9.17, 15) is 0 Å². The molecule has 0 bridgehead atoms. The monoisotopic (exact) mass is 496 g/mol. The molecule has 1 aliphatic rings. The third-order valence-corrected chi connectivity index (χ3v) is 33.4. The Balaban J connectivity index is 3.19. The van der Waals surface area contributed by atoms with Crippen LogP contribution in [0.25, 0.3) is 0 Å². The van der Waals surface area contributed by atoms with Crippen molar-refractivity contribution in [1.29, 1.82) is 0 Å². The van der Waals surface area contributed by atoms with Crippen LogP contribution in [0.15, 0.2) is 0 Å². The summed E-state index contributed by atoms with van der Waals surface area (Å²) in [6.07, 6.45) is 0. The van der Waals surface area contributed by atoms with E-state index in [-0.39, 0.29) is 5.16 Å². The van der Waals surface area contributed by atoms with Gasteiger partial charge in [-0.1, -0.05) is 6.92 Å². The van der Waals surface area contributed by atoms with E-state index in [0.29, 0.717) is 12.1 Å². The highest BCUT2D eigenvalue weighted by atomic mass is 35.8. The summed E-state index contributed by atoms with van der Waals surface area (Å²) < 4.78 is -0.560. The summed E-state index contributed by atoms with van der Waals surface area (Å²) in [7, 11) is -2.16. The van der Waals surface area contributed by atoms with Crippen molar-refractivity contribution in [2.75, 3.05) is 0 Å². The number of hydrogen-bond acceptors (Lipinski definition) is 0. The molecule has 0 spiro atoms. The first-order valence-corrected chi connectivity index (χ1v) is 22.6. The zero-order valence-electron chi connectivity index (χ0n) is 8.97. The molecule has 2 atom stereocenters. The largest absolute Gasteiger partial charge is 0.343 e. The Morgan fingerprint density at radius 1 is 1.11 bits per heavy atom. The van der Waals surface area contributed by atoms with E-state index in [1.54, 1.807) is 0 Å². The summed E-state index contributed by atoms with van der Waals surface area (Å²) in [6, 6.07) is -2.31. The third kappa shape index (κ3) is 3.87. The fourth-order valence-corrected chi connectivity index (χ4v) is 45.4. The van der Waals surface area contributed by atoms with Gasteiger partial charge in [0.25, 0.3) is 13.4 Å². The standard InChI is InChI=1S/C5H9Cl9Si4/c1-5(15(6)7)3-16(8,9)4(18(12,13)14)2-17(5,10)11/h4,15H,2-3H2,1H3. The molecule has 1 aliphatic heterocycles. The van der Waals surface area contributed by atoms with Crippen molar-refractivity contribution in [3.8, 4) is 0 Å². The van der Waals surface area contributed by atoms with Gasteiger partial charge in [-0.2, -0.15) is 0 Å². The Kier molecular flexibility index (Phi) is 6.69. The van der Waals surface area contributed by atoms with Gasteiger partial charge in [-0.25, -0.2) is 0 Å². The lowest BCUT2D eigenvalue weighted by molar-refractivity contribution is 0.871. The third-order valence-electron chi connectivity index (χ3n) is 3.29. The summed E-state index contributed by atoms with van der Waals surface area (Å²) in [4.78, 5) is 0. The molecule has 0 aliphatic carbocycles. The molecular weight excluding hydrogens is 491 g/mol. The molecule has 0 saturated carbocycles. The summed E-state index contributed by atoms with van der Waals surface area (Å²) in [5.41, 5.74) is 0. The van der Waals surface area contributed by atoms with E-state index in [0.717, 1.165) is 0 Å². The molecule has 18 heavy (non-hydrogen) atoms. The minimum Gasteiger partial charge on any atom is -0.150 e. The van der Waals surface area contributed by atoms with Gasteiger partial charge in [0, 0.05) is 9.83 Å². The molecular formula is C5H9Cl9Si4. The van der Waals surface area contributed by atoms with Crippen molar-refractivity contribution in [2.45, 2.75) is 28.8 Å². The molecule has 1 fully saturated rings. The maximum Gasteiger partial charge on any atom is 0.343 e. The fraction of sp³-hybridized carbons (Fsp3) is 1.00. The van der Waals surface area contributed by atoms with E-state index in [1.807, 2.05) is 6.92 Å². The van der Waals surface area contributed by atoms with Crippen LogP contribution >= 0.6 is 99.7 Å². The van der Waals surface area contributed by atoms with Crippen molar-refractivity contribution >= 4 is 127 Å². The van der Waals surface area contributed by atoms with Gasteiger partial charge in [0.15, 0.2) is 0 Å². The van der Waals surface area contributed by atoms with Gasteiger partial charge >= 0.3 is 6.00 Å². The van der Waals surface area contributed by atoms with Gasteiger partial charge in [0.1, 0.15) is 0 Å². The average molecular weight is 501 g/mol. The Morgan fingerprint density at radius 2 is 1.56 bits per heavy atom. The van der Waals surface area contributed by atoms with E-state index in [1.165, 1.54) is 0 Å². The van der Waals surface area contributed by atoms with Crippen LogP contribution in [-0.2, 0) is 0 Å². The minimum absolute atomic E-state index is 0.359. The Hall–Kier alpha value is 3.48. The first-order chi connectivity index (χ1) is 7.74. The molecule has 0 nitrogen and oxygen atoms in total. The lowest BCUT2D eigenvalue weighted by Crippen LogP contribution is -2.57. The minimum atomic E-state index is -3.07. The maximum absolute atomic E-state index is 6.52. The van der Waals surface area contributed by atoms with Gasteiger partial charge in [0.2, 0.25) is 7.42 Å². The number of rotatable bonds is 2. The summed E-state index contributed by atoms with van der Waals surface area (Å²) in [5, 5.41) is -0.380. The second-order valence-corrected chi connectivity index (χ2v) is 34.5. The van der Waals surface area contributed by atoms with Gasteiger partial charge in [0.05, 0.1) is 0 Å². The summed E-state index contributed by atoms with van der Waals surface area (Å²) in [5.74, 6) is 0. The van der Waals surface area contributed by atoms with Crippen LogP contribution in [0.5, 0.6) is 0 Å². The smallest absolute Gasteiger partial charge is 0.150 e. The molecule has 0 N–H and O–H groups in total. The van der Waals surface area contributed by atoms with Crippen LogP contribution in [0.2, 0.25) is 21.9 Å². The van der Waals surface area contributed by atoms with Crippen molar-refractivity contribution in [2.24, 2.45) is 0 Å². The van der Waals surface area contributed by atoms with Gasteiger partial charge in [-0.05, 0) is 12.1 Å². The Bertz CT molecular complexity index is 327. The zero-order chi connectivity index (χ0) is 14.6. The molecule has 1 rings (SSSR count). The van der Waals surface area contributed by atoms with Crippen LogP contribution in [0.3, 0.4) is 0 Å². The molecule has 1 saturated heterocycles. The molecule has 0 radical (unpaired) electrons. The van der Waals surface area contributed by atoms with E-state index >= 15 is 0 Å². The number of halogens is 9. The van der Waals surface area contributed by atoms with Crippen molar-refractivity contribution in [3.05, 3.63) is 0 Å². The second-order valence-electron chi connectivity index (χ2n) is 4.66. The van der Waals surface area contributed by atoms with Gasteiger partial charge in [-0.15, -0.1) is 99.7 Å². The van der Waals surface area contributed by atoms with Gasteiger partial charge < -0.3 is 0 Å². The predicted molar refractivity (Wildman–Crippen MR) is 98.8 cm³/mol. The lowest BCUT2D eigenvalue weighted by Gasteiger charge is -2.50. The van der Waals surface area contributed by atoms with Crippen LogP contribution in [0.1, 0.15) is 6.92 Å². The molecule has 0 aromatic rings. The quantitative estimate of drug-likeness (QED) is 0.304. The highest BCUT2D eigenvalue weighted by Crippen LogP contribution is 2.67. The van der Waals surface area contributed by atoms with Crippen LogP contribution in [0.4, 0.5) is 0 Å². The van der Waals surface area contributed by atoms with Crippen LogP contribution in [-0.4, -0.2) is 26.8 Å². The summed E-state index contributed by atoms with van der Waals surface area (Å²) >= 11 is 56.6. The SMILES string of the molecule is CC1([SiH](Cl)Cl)C[Si](Cl)(Cl)C([Si](Cl)(Cl)Cl)C[Si]1(Cl)Cl. The molecule has 108 valence electrons. The fourth-order valence-electron chi connectivity index (χ4n) is 1.97. The molecule has 1 heterocycles. The predicted octanol–water partition coefficient (Wildman–Crippen LogP) is 6.40. The van der Waals surface area contributed by atoms with Gasteiger partial charge in [-0.3, -0.25) is 0 Å². The van der Waals surface area contributed by atoms with Crippen LogP contribution < -0.4 is 0 Å². The first kappa shape index (κ1) is 19.5. The molecule has 2 unspecified atom stereocenters. The molecule has 13 heteroatoms.